The van der Waals surface area contributed by atoms with Crippen LogP contribution in [0.25, 0.3) is 5.69 Å². The fraction of sp³-hybridized carbons (Fsp3) is 0.250. The van der Waals surface area contributed by atoms with Gasteiger partial charge < -0.3 is 5.32 Å². The molecule has 0 bridgehead atoms. The van der Waals surface area contributed by atoms with Crippen LogP contribution in [0.1, 0.15) is 12.5 Å². The van der Waals surface area contributed by atoms with E-state index in [1.807, 2.05) is 10.8 Å². The minimum absolute atomic E-state index is 0.862. The van der Waals surface area contributed by atoms with Gasteiger partial charge in [-0.1, -0.05) is 6.07 Å². The molecule has 0 amide bonds. The lowest BCUT2D eigenvalue weighted by atomic mass is 10.2. The van der Waals surface area contributed by atoms with E-state index >= 15 is 0 Å². The molecule has 1 aromatic heterocycles. The minimum atomic E-state index is 0.862. The van der Waals surface area contributed by atoms with Gasteiger partial charge in [-0.25, -0.2) is 4.98 Å². The Balaban J connectivity index is 2.49. The Labute approximate surface area is 104 Å². The molecular formula is C12H14BrN3. The molecule has 2 aromatic rings. The van der Waals surface area contributed by atoms with E-state index in [0.717, 1.165) is 22.7 Å². The van der Waals surface area contributed by atoms with Crippen molar-refractivity contribution in [2.24, 2.45) is 0 Å². The zero-order chi connectivity index (χ0) is 11.5. The highest BCUT2D eigenvalue weighted by atomic mass is 79.9. The molecular weight excluding hydrogens is 266 g/mol. The third-order valence-electron chi connectivity index (χ3n) is 2.34. The third kappa shape index (κ3) is 2.11. The molecule has 0 aliphatic heterocycles. The molecule has 0 aliphatic carbocycles. The highest BCUT2D eigenvalue weighted by Gasteiger charge is 2.07. The number of hydrogen-bond acceptors (Lipinski definition) is 2. The maximum absolute atomic E-state index is 4.28. The Kier molecular flexibility index (Phi) is 3.29. The topological polar surface area (TPSA) is 29.9 Å². The Bertz CT molecular complexity index is 491. The second-order valence-electron chi connectivity index (χ2n) is 3.61. The molecule has 0 radical (unpaired) electrons. The van der Waals surface area contributed by atoms with Gasteiger partial charge in [0, 0.05) is 23.4 Å². The summed E-state index contributed by atoms with van der Waals surface area (Å²) in [5.74, 6) is 0.869. The number of anilines is 1. The van der Waals surface area contributed by atoms with Gasteiger partial charge >= 0.3 is 0 Å². The van der Waals surface area contributed by atoms with E-state index in [1.54, 1.807) is 6.20 Å². The van der Waals surface area contributed by atoms with Crippen molar-refractivity contribution in [3.8, 4) is 5.69 Å². The molecule has 0 fully saturated rings. The van der Waals surface area contributed by atoms with Gasteiger partial charge in [0.2, 0.25) is 5.95 Å². The smallest absolute Gasteiger partial charge is 0.207 e. The van der Waals surface area contributed by atoms with Gasteiger partial charge in [0.05, 0.1) is 5.69 Å². The Hall–Kier alpha value is -1.29. The van der Waals surface area contributed by atoms with Crippen molar-refractivity contribution in [3.63, 3.8) is 0 Å². The number of nitrogens with zero attached hydrogens (tertiary/aromatic N) is 2. The normalized spacial score (nSPS) is 10.4. The van der Waals surface area contributed by atoms with Crippen LogP contribution in [-0.2, 0) is 0 Å². The van der Waals surface area contributed by atoms with Gasteiger partial charge in [-0.15, -0.1) is 0 Å². The van der Waals surface area contributed by atoms with Gasteiger partial charge in [-0.2, -0.15) is 0 Å². The summed E-state index contributed by atoms with van der Waals surface area (Å²) in [5, 5.41) is 3.23. The number of imidazole rings is 1. The number of halogens is 1. The molecule has 3 nitrogen and oxygen atoms in total. The maximum Gasteiger partial charge on any atom is 0.207 e. The fourth-order valence-corrected chi connectivity index (χ4v) is 2.03. The summed E-state index contributed by atoms with van der Waals surface area (Å²) in [4.78, 5) is 4.28. The van der Waals surface area contributed by atoms with Crippen LogP contribution in [-0.4, -0.2) is 16.1 Å². The van der Waals surface area contributed by atoms with Crippen LogP contribution in [0.2, 0.25) is 0 Å². The molecule has 4 heteroatoms. The quantitative estimate of drug-likeness (QED) is 0.934. The molecule has 0 aliphatic rings. The zero-order valence-electron chi connectivity index (χ0n) is 9.37. The Morgan fingerprint density at radius 1 is 1.44 bits per heavy atom. The summed E-state index contributed by atoms with van der Waals surface area (Å²) in [7, 11) is 0. The SMILES string of the molecule is CCNc1nccn1-c1cc(C)ccc1Br. The second kappa shape index (κ2) is 4.70. The molecule has 1 N–H and O–H groups in total. The predicted octanol–water partition coefficient (Wildman–Crippen LogP) is 3.38. The highest BCUT2D eigenvalue weighted by Crippen LogP contribution is 2.24. The first-order valence-corrected chi connectivity index (χ1v) is 6.05. The van der Waals surface area contributed by atoms with Crippen LogP contribution < -0.4 is 5.32 Å². The van der Waals surface area contributed by atoms with Crippen LogP contribution in [0.3, 0.4) is 0 Å². The number of aryl methyl sites for hydroxylation is 1. The summed E-state index contributed by atoms with van der Waals surface area (Å²) in [6, 6.07) is 6.27. The van der Waals surface area contributed by atoms with Crippen molar-refractivity contribution >= 4 is 21.9 Å². The Morgan fingerprint density at radius 3 is 3.00 bits per heavy atom. The number of nitrogens with one attached hydrogen (secondary N) is 1. The standard InChI is InChI=1S/C12H14BrN3/c1-3-14-12-15-6-7-16(12)11-8-9(2)4-5-10(11)13/h4-8H,3H2,1-2H3,(H,14,15). The molecule has 1 aromatic carbocycles. The summed E-state index contributed by atoms with van der Waals surface area (Å²) in [6.07, 6.45) is 3.75. The van der Waals surface area contributed by atoms with Crippen molar-refractivity contribution < 1.29 is 0 Å². The van der Waals surface area contributed by atoms with E-state index < -0.39 is 0 Å². The largest absolute Gasteiger partial charge is 0.356 e. The third-order valence-corrected chi connectivity index (χ3v) is 3.01. The average Bonchev–Trinajstić information content (AvgIpc) is 2.70. The Morgan fingerprint density at radius 2 is 2.25 bits per heavy atom. The van der Waals surface area contributed by atoms with Crippen molar-refractivity contribution in [1.29, 1.82) is 0 Å². The van der Waals surface area contributed by atoms with Crippen LogP contribution >= 0.6 is 15.9 Å². The molecule has 1 heterocycles. The summed E-state index contributed by atoms with van der Waals surface area (Å²) < 4.78 is 3.11. The van der Waals surface area contributed by atoms with Crippen molar-refractivity contribution in [3.05, 3.63) is 40.6 Å². The maximum atomic E-state index is 4.28. The van der Waals surface area contributed by atoms with E-state index in [9.17, 15) is 0 Å². The first-order valence-electron chi connectivity index (χ1n) is 5.26. The lowest BCUT2D eigenvalue weighted by Gasteiger charge is -2.11. The van der Waals surface area contributed by atoms with Gasteiger partial charge in [0.15, 0.2) is 0 Å². The predicted molar refractivity (Wildman–Crippen MR) is 70.2 cm³/mol. The molecule has 84 valence electrons. The number of hydrogen-bond donors (Lipinski definition) is 1. The lowest BCUT2D eigenvalue weighted by Crippen LogP contribution is -2.05. The van der Waals surface area contributed by atoms with Crippen molar-refractivity contribution in [2.45, 2.75) is 13.8 Å². The highest BCUT2D eigenvalue weighted by molar-refractivity contribution is 9.10. The van der Waals surface area contributed by atoms with Crippen LogP contribution in [0.4, 0.5) is 5.95 Å². The summed E-state index contributed by atoms with van der Waals surface area (Å²) in [5.41, 5.74) is 2.34. The average molecular weight is 280 g/mol. The molecule has 0 unspecified atom stereocenters. The first kappa shape index (κ1) is 11.2. The van der Waals surface area contributed by atoms with Crippen molar-refractivity contribution in [2.75, 3.05) is 11.9 Å². The molecule has 0 saturated heterocycles. The monoisotopic (exact) mass is 279 g/mol. The minimum Gasteiger partial charge on any atom is -0.356 e. The number of benzene rings is 1. The lowest BCUT2D eigenvalue weighted by molar-refractivity contribution is 1.01. The summed E-state index contributed by atoms with van der Waals surface area (Å²) in [6.45, 7) is 5.00. The van der Waals surface area contributed by atoms with E-state index in [0.29, 0.717) is 0 Å². The number of aromatic nitrogens is 2. The van der Waals surface area contributed by atoms with Crippen LogP contribution in [0, 0.1) is 6.92 Å². The van der Waals surface area contributed by atoms with Crippen LogP contribution in [0.5, 0.6) is 0 Å². The zero-order valence-corrected chi connectivity index (χ0v) is 11.0. The van der Waals surface area contributed by atoms with Gasteiger partial charge in [-0.05, 0) is 47.5 Å². The van der Waals surface area contributed by atoms with E-state index in [4.69, 9.17) is 0 Å². The molecule has 0 atom stereocenters. The molecule has 2 rings (SSSR count). The molecule has 16 heavy (non-hydrogen) atoms. The van der Waals surface area contributed by atoms with Gasteiger partial charge in [0.1, 0.15) is 0 Å². The fourth-order valence-electron chi connectivity index (χ4n) is 1.59. The van der Waals surface area contributed by atoms with Crippen molar-refractivity contribution in [1.82, 2.24) is 9.55 Å². The van der Waals surface area contributed by atoms with E-state index in [-0.39, 0.29) is 0 Å². The molecule has 0 saturated carbocycles. The van der Waals surface area contributed by atoms with E-state index in [1.165, 1.54) is 5.56 Å². The van der Waals surface area contributed by atoms with Gasteiger partial charge in [0.25, 0.3) is 0 Å². The summed E-state index contributed by atoms with van der Waals surface area (Å²) >= 11 is 3.56. The van der Waals surface area contributed by atoms with E-state index in [2.05, 4.69) is 58.3 Å². The first-order chi connectivity index (χ1) is 7.72. The number of rotatable bonds is 3. The second-order valence-corrected chi connectivity index (χ2v) is 4.46. The van der Waals surface area contributed by atoms with Gasteiger partial charge in [-0.3, -0.25) is 4.57 Å². The van der Waals surface area contributed by atoms with Crippen LogP contribution in [0.15, 0.2) is 35.1 Å². The molecule has 0 spiro atoms.